The molecule has 3 rings (SSSR count). The lowest BCUT2D eigenvalue weighted by atomic mass is 10.2. The number of nitrogens with zero attached hydrogens (tertiary/aromatic N) is 3. The maximum absolute atomic E-state index is 12.0. The molecule has 1 aliphatic heterocycles. The summed E-state index contributed by atoms with van der Waals surface area (Å²) < 4.78 is 5.33. The van der Waals surface area contributed by atoms with Crippen molar-refractivity contribution in [2.24, 2.45) is 0 Å². The van der Waals surface area contributed by atoms with E-state index in [1.54, 1.807) is 4.90 Å². The zero-order valence-corrected chi connectivity index (χ0v) is 14.2. The molecule has 2 aromatic rings. The molecule has 1 fully saturated rings. The normalized spacial score (nSPS) is 16.2. The smallest absolute Gasteiger partial charge is 0.321 e. The van der Waals surface area contributed by atoms with E-state index in [0.29, 0.717) is 11.7 Å². The molecule has 2 N–H and O–H groups in total. The Hall–Kier alpha value is -2.57. The van der Waals surface area contributed by atoms with Crippen LogP contribution in [0, 0.1) is 0 Å². The highest BCUT2D eigenvalue weighted by molar-refractivity contribution is 5.93. The van der Waals surface area contributed by atoms with E-state index in [9.17, 15) is 4.79 Å². The summed E-state index contributed by atoms with van der Waals surface area (Å²) in [5.41, 5.74) is 1.78. The van der Waals surface area contributed by atoms with Gasteiger partial charge in [0.15, 0.2) is 5.82 Å². The van der Waals surface area contributed by atoms with Crippen molar-refractivity contribution < 1.29 is 9.32 Å². The van der Waals surface area contributed by atoms with Gasteiger partial charge < -0.3 is 15.2 Å². The Morgan fingerprint density at radius 1 is 1.33 bits per heavy atom. The van der Waals surface area contributed by atoms with Crippen LogP contribution in [-0.2, 0) is 0 Å². The standard InChI is InChI=1S/C17H23N5O2/c1-11(2)15-20-16(24-21-15)12(3)19-13-6-4-7-14(10-13)22-9-5-8-18-17(22)23/h4,6-7,10-12,19H,5,8-9H2,1-3H3,(H,18,23). The number of carbonyl (C=O) groups is 1. The first-order valence-electron chi connectivity index (χ1n) is 8.30. The summed E-state index contributed by atoms with van der Waals surface area (Å²) in [4.78, 5) is 18.1. The van der Waals surface area contributed by atoms with Crippen molar-refractivity contribution >= 4 is 17.4 Å². The molecule has 0 bridgehead atoms. The molecular formula is C17H23N5O2. The van der Waals surface area contributed by atoms with Crippen LogP contribution in [-0.4, -0.2) is 29.3 Å². The summed E-state index contributed by atoms with van der Waals surface area (Å²) in [6.45, 7) is 7.49. The molecule has 2 amide bonds. The zero-order valence-electron chi connectivity index (χ0n) is 14.2. The minimum absolute atomic E-state index is 0.0510. The van der Waals surface area contributed by atoms with E-state index in [0.717, 1.165) is 30.9 Å². The second-order valence-corrected chi connectivity index (χ2v) is 6.30. The molecule has 0 radical (unpaired) electrons. The average Bonchev–Trinajstić information content (AvgIpc) is 3.06. The number of rotatable bonds is 5. The molecule has 1 atom stereocenters. The lowest BCUT2D eigenvalue weighted by Gasteiger charge is -2.28. The third kappa shape index (κ3) is 3.50. The molecule has 7 heteroatoms. The maximum atomic E-state index is 12.0. The van der Waals surface area contributed by atoms with Gasteiger partial charge in [-0.2, -0.15) is 4.98 Å². The van der Waals surface area contributed by atoms with Crippen molar-refractivity contribution in [1.82, 2.24) is 15.5 Å². The highest BCUT2D eigenvalue weighted by atomic mass is 16.5. The Bertz CT molecular complexity index is 713. The lowest BCUT2D eigenvalue weighted by molar-refractivity contribution is 0.243. The third-order valence-electron chi connectivity index (χ3n) is 3.97. The lowest BCUT2D eigenvalue weighted by Crippen LogP contribution is -2.46. The van der Waals surface area contributed by atoms with Gasteiger partial charge in [-0.05, 0) is 31.5 Å². The van der Waals surface area contributed by atoms with Gasteiger partial charge in [-0.25, -0.2) is 4.79 Å². The first-order chi connectivity index (χ1) is 11.5. The van der Waals surface area contributed by atoms with Crippen molar-refractivity contribution in [3.63, 3.8) is 0 Å². The minimum Gasteiger partial charge on any atom is -0.374 e. The molecule has 128 valence electrons. The molecular weight excluding hydrogens is 306 g/mol. The highest BCUT2D eigenvalue weighted by Crippen LogP contribution is 2.24. The number of hydrogen-bond acceptors (Lipinski definition) is 5. The summed E-state index contributed by atoms with van der Waals surface area (Å²) in [6.07, 6.45) is 0.944. The van der Waals surface area contributed by atoms with E-state index in [1.807, 2.05) is 45.0 Å². The van der Waals surface area contributed by atoms with Gasteiger partial charge in [0.05, 0.1) is 0 Å². The summed E-state index contributed by atoms with van der Waals surface area (Å²) >= 11 is 0. The minimum atomic E-state index is -0.115. The molecule has 1 aromatic carbocycles. The average molecular weight is 329 g/mol. The molecule has 0 aliphatic carbocycles. The van der Waals surface area contributed by atoms with E-state index < -0.39 is 0 Å². The van der Waals surface area contributed by atoms with Crippen LogP contribution in [0.3, 0.4) is 0 Å². The maximum Gasteiger partial charge on any atom is 0.321 e. The Balaban J connectivity index is 1.72. The second kappa shape index (κ2) is 6.90. The fourth-order valence-corrected chi connectivity index (χ4v) is 2.61. The highest BCUT2D eigenvalue weighted by Gasteiger charge is 2.20. The van der Waals surface area contributed by atoms with Gasteiger partial charge in [-0.1, -0.05) is 25.1 Å². The molecule has 1 unspecified atom stereocenters. The molecule has 0 saturated carbocycles. The summed E-state index contributed by atoms with van der Waals surface area (Å²) in [5, 5.41) is 10.2. The van der Waals surface area contributed by atoms with Crippen LogP contribution >= 0.6 is 0 Å². The van der Waals surface area contributed by atoms with Gasteiger partial charge in [0.1, 0.15) is 6.04 Å². The molecule has 7 nitrogen and oxygen atoms in total. The molecule has 1 aliphatic rings. The van der Waals surface area contributed by atoms with Crippen LogP contribution in [0.15, 0.2) is 28.8 Å². The topological polar surface area (TPSA) is 83.3 Å². The third-order valence-corrected chi connectivity index (χ3v) is 3.97. The summed E-state index contributed by atoms with van der Waals surface area (Å²) in [7, 11) is 0. The Morgan fingerprint density at radius 3 is 2.88 bits per heavy atom. The summed E-state index contributed by atoms with van der Waals surface area (Å²) in [6, 6.07) is 7.62. The first kappa shape index (κ1) is 16.3. The van der Waals surface area contributed by atoms with Crippen LogP contribution in [0.25, 0.3) is 0 Å². The SMILES string of the molecule is CC(C)c1noc(C(C)Nc2cccc(N3CCCNC3=O)c2)n1. The quantitative estimate of drug-likeness (QED) is 0.879. The van der Waals surface area contributed by atoms with E-state index >= 15 is 0 Å². The zero-order chi connectivity index (χ0) is 17.1. The predicted molar refractivity (Wildman–Crippen MR) is 92.2 cm³/mol. The van der Waals surface area contributed by atoms with Crippen LogP contribution < -0.4 is 15.5 Å². The number of carbonyl (C=O) groups excluding carboxylic acids is 1. The fraction of sp³-hybridized carbons (Fsp3) is 0.471. The number of urea groups is 1. The molecule has 24 heavy (non-hydrogen) atoms. The second-order valence-electron chi connectivity index (χ2n) is 6.30. The van der Waals surface area contributed by atoms with E-state index in [1.165, 1.54) is 0 Å². The van der Waals surface area contributed by atoms with E-state index in [-0.39, 0.29) is 18.0 Å². The van der Waals surface area contributed by atoms with Gasteiger partial charge in [0.25, 0.3) is 0 Å². The predicted octanol–water partition coefficient (Wildman–Crippen LogP) is 3.29. The number of hydrogen-bond donors (Lipinski definition) is 2. The molecule has 1 aromatic heterocycles. The Labute approximate surface area is 141 Å². The van der Waals surface area contributed by atoms with Gasteiger partial charge in [0.2, 0.25) is 5.89 Å². The molecule has 0 spiro atoms. The van der Waals surface area contributed by atoms with Crippen molar-refractivity contribution in [3.8, 4) is 0 Å². The number of anilines is 2. The van der Waals surface area contributed by atoms with Gasteiger partial charge in [-0.15, -0.1) is 0 Å². The van der Waals surface area contributed by atoms with Gasteiger partial charge in [0, 0.05) is 30.4 Å². The van der Waals surface area contributed by atoms with E-state index in [2.05, 4.69) is 20.8 Å². The first-order valence-corrected chi connectivity index (χ1v) is 8.30. The number of nitrogens with one attached hydrogen (secondary N) is 2. The monoisotopic (exact) mass is 329 g/mol. The van der Waals surface area contributed by atoms with Gasteiger partial charge >= 0.3 is 6.03 Å². The number of amides is 2. The number of aromatic nitrogens is 2. The molecule has 2 heterocycles. The van der Waals surface area contributed by atoms with Crippen LogP contribution in [0.4, 0.5) is 16.2 Å². The van der Waals surface area contributed by atoms with Crippen molar-refractivity contribution in [3.05, 3.63) is 36.0 Å². The number of benzene rings is 1. The fourth-order valence-electron chi connectivity index (χ4n) is 2.61. The van der Waals surface area contributed by atoms with Gasteiger partial charge in [-0.3, -0.25) is 4.90 Å². The van der Waals surface area contributed by atoms with Crippen LogP contribution in [0.5, 0.6) is 0 Å². The Kier molecular flexibility index (Phi) is 4.69. The van der Waals surface area contributed by atoms with Crippen molar-refractivity contribution in [1.29, 1.82) is 0 Å². The van der Waals surface area contributed by atoms with Crippen molar-refractivity contribution in [2.45, 2.75) is 39.2 Å². The largest absolute Gasteiger partial charge is 0.374 e. The molecule has 1 saturated heterocycles. The Morgan fingerprint density at radius 2 is 2.17 bits per heavy atom. The summed E-state index contributed by atoms with van der Waals surface area (Å²) in [5.74, 6) is 1.49. The van der Waals surface area contributed by atoms with E-state index in [4.69, 9.17) is 4.52 Å². The van der Waals surface area contributed by atoms with Crippen LogP contribution in [0.1, 0.15) is 50.9 Å². The van der Waals surface area contributed by atoms with Crippen molar-refractivity contribution in [2.75, 3.05) is 23.3 Å². The van der Waals surface area contributed by atoms with Crippen LogP contribution in [0.2, 0.25) is 0 Å².